The van der Waals surface area contributed by atoms with Crippen LogP contribution in [0.25, 0.3) is 16.8 Å². The molecule has 3 rings (SSSR count). The Hall–Kier alpha value is -1.87. The van der Waals surface area contributed by atoms with Gasteiger partial charge in [-0.2, -0.15) is 0 Å². The van der Waals surface area contributed by atoms with Gasteiger partial charge in [0.05, 0.1) is 0 Å². The summed E-state index contributed by atoms with van der Waals surface area (Å²) in [6.07, 6.45) is 8.53. The van der Waals surface area contributed by atoms with E-state index >= 15 is 0 Å². The molecule has 19 heavy (non-hydrogen) atoms. The third kappa shape index (κ3) is 2.10. The van der Waals surface area contributed by atoms with Crippen LogP contribution in [0.3, 0.4) is 0 Å². The number of rotatable bonds is 2. The molecule has 0 atom stereocenters. The molecule has 3 aromatic heterocycles. The summed E-state index contributed by atoms with van der Waals surface area (Å²) < 4.78 is 2.03. The normalized spacial score (nSPS) is 11.1. The average Bonchev–Trinajstić information content (AvgIpc) is 2.88. The fourth-order valence-electron chi connectivity index (χ4n) is 2.26. The molecule has 0 fully saturated rings. The Balaban J connectivity index is 2.18. The van der Waals surface area contributed by atoms with Crippen molar-refractivity contribution in [2.45, 2.75) is 20.3 Å². The molecule has 3 heterocycles. The second-order valence-electron chi connectivity index (χ2n) is 4.60. The minimum absolute atomic E-state index is 0.590. The monoisotopic (exact) mass is 271 g/mol. The summed E-state index contributed by atoms with van der Waals surface area (Å²) in [7, 11) is 0. The zero-order chi connectivity index (χ0) is 13.4. The fourth-order valence-corrected chi connectivity index (χ4v) is 2.50. The Morgan fingerprint density at radius 2 is 2.05 bits per heavy atom. The second kappa shape index (κ2) is 4.67. The summed E-state index contributed by atoms with van der Waals surface area (Å²) >= 11 is 6.07. The predicted octanol–water partition coefficient (Wildman–Crippen LogP) is 3.92. The molecule has 0 aromatic carbocycles. The van der Waals surface area contributed by atoms with E-state index in [0.29, 0.717) is 5.15 Å². The molecule has 0 amide bonds. The van der Waals surface area contributed by atoms with Crippen LogP contribution in [-0.2, 0) is 6.42 Å². The lowest BCUT2D eigenvalue weighted by Crippen LogP contribution is -1.92. The summed E-state index contributed by atoms with van der Waals surface area (Å²) in [5, 5.41) is 0.590. The van der Waals surface area contributed by atoms with Crippen LogP contribution in [0, 0.1) is 6.92 Å². The van der Waals surface area contributed by atoms with Gasteiger partial charge >= 0.3 is 0 Å². The van der Waals surface area contributed by atoms with Gasteiger partial charge in [0.15, 0.2) is 0 Å². The number of halogens is 1. The van der Waals surface area contributed by atoms with Crippen molar-refractivity contribution in [2.24, 2.45) is 0 Å². The van der Waals surface area contributed by atoms with Gasteiger partial charge in [-0.15, -0.1) is 0 Å². The highest BCUT2D eigenvalue weighted by Crippen LogP contribution is 2.25. The zero-order valence-electron chi connectivity index (χ0n) is 10.9. The van der Waals surface area contributed by atoms with Crippen molar-refractivity contribution in [3.63, 3.8) is 0 Å². The van der Waals surface area contributed by atoms with Gasteiger partial charge < -0.3 is 4.40 Å². The summed E-state index contributed by atoms with van der Waals surface area (Å²) in [4.78, 5) is 8.59. The molecule has 4 heteroatoms. The largest absolute Gasteiger partial charge is 0.306 e. The van der Waals surface area contributed by atoms with E-state index in [0.717, 1.165) is 34.3 Å². The predicted molar refractivity (Wildman–Crippen MR) is 77.5 cm³/mol. The smallest absolute Gasteiger partial charge is 0.139 e. The Morgan fingerprint density at radius 1 is 1.21 bits per heavy atom. The lowest BCUT2D eigenvalue weighted by atomic mass is 10.1. The number of hydrogen-bond acceptors (Lipinski definition) is 2. The van der Waals surface area contributed by atoms with Crippen molar-refractivity contribution >= 4 is 17.2 Å². The highest BCUT2D eigenvalue weighted by Gasteiger charge is 2.07. The molecule has 96 valence electrons. The van der Waals surface area contributed by atoms with Gasteiger partial charge in [0, 0.05) is 35.9 Å². The lowest BCUT2D eigenvalue weighted by Gasteiger charge is -2.08. The zero-order valence-corrected chi connectivity index (χ0v) is 11.6. The Morgan fingerprint density at radius 3 is 2.84 bits per heavy atom. The van der Waals surface area contributed by atoms with E-state index in [1.807, 2.05) is 23.0 Å². The fraction of sp³-hybridized carbons (Fsp3) is 0.200. The molecule has 0 saturated heterocycles. The van der Waals surface area contributed by atoms with Crippen molar-refractivity contribution in [1.82, 2.24) is 14.4 Å². The molecule has 0 N–H and O–H groups in total. The maximum absolute atomic E-state index is 6.07. The van der Waals surface area contributed by atoms with Crippen LogP contribution in [-0.4, -0.2) is 14.4 Å². The molecular formula is C15H14ClN3. The van der Waals surface area contributed by atoms with Crippen molar-refractivity contribution in [3.8, 4) is 11.1 Å². The van der Waals surface area contributed by atoms with Crippen molar-refractivity contribution in [3.05, 3.63) is 53.2 Å². The molecule has 0 bridgehead atoms. The highest BCUT2D eigenvalue weighted by molar-refractivity contribution is 6.30. The molecule has 0 aliphatic heterocycles. The molecule has 0 radical (unpaired) electrons. The molecular weight excluding hydrogens is 258 g/mol. The van der Waals surface area contributed by atoms with E-state index in [1.165, 1.54) is 0 Å². The number of fused-ring (bicyclic) bond motifs is 1. The number of aryl methyl sites for hydroxylation is 2. The van der Waals surface area contributed by atoms with Crippen LogP contribution >= 0.6 is 11.6 Å². The summed E-state index contributed by atoms with van der Waals surface area (Å²) in [5.74, 6) is 0. The number of imidazole rings is 1. The third-order valence-electron chi connectivity index (χ3n) is 3.30. The number of aromatic nitrogens is 3. The van der Waals surface area contributed by atoms with Gasteiger partial charge in [0.25, 0.3) is 0 Å². The first-order valence-corrected chi connectivity index (χ1v) is 6.65. The SMILES string of the molecule is CCc1cc(-c2cc(C)c3nccn3c2)cnc1Cl. The average molecular weight is 272 g/mol. The molecule has 3 aromatic rings. The molecule has 3 nitrogen and oxygen atoms in total. The number of hydrogen-bond donors (Lipinski definition) is 0. The third-order valence-corrected chi connectivity index (χ3v) is 3.64. The second-order valence-corrected chi connectivity index (χ2v) is 4.96. The maximum Gasteiger partial charge on any atom is 0.139 e. The van der Waals surface area contributed by atoms with Crippen molar-refractivity contribution in [1.29, 1.82) is 0 Å². The van der Waals surface area contributed by atoms with E-state index in [9.17, 15) is 0 Å². The molecule has 0 aliphatic rings. The van der Waals surface area contributed by atoms with Crippen LogP contribution in [0.4, 0.5) is 0 Å². The van der Waals surface area contributed by atoms with Gasteiger partial charge in [-0.3, -0.25) is 0 Å². The number of nitrogens with zero attached hydrogens (tertiary/aromatic N) is 3. The van der Waals surface area contributed by atoms with E-state index in [2.05, 4.69) is 42.1 Å². The Kier molecular flexibility index (Phi) is 2.99. The summed E-state index contributed by atoms with van der Waals surface area (Å²) in [6.45, 7) is 4.15. The quantitative estimate of drug-likeness (QED) is 0.661. The number of pyridine rings is 2. The molecule has 0 spiro atoms. The topological polar surface area (TPSA) is 30.2 Å². The molecule has 0 saturated carbocycles. The van der Waals surface area contributed by atoms with Gasteiger partial charge in [-0.25, -0.2) is 9.97 Å². The Labute approximate surface area is 116 Å². The lowest BCUT2D eigenvalue weighted by molar-refractivity contribution is 1.10. The van der Waals surface area contributed by atoms with E-state index in [1.54, 1.807) is 0 Å². The van der Waals surface area contributed by atoms with Gasteiger partial charge in [0.2, 0.25) is 0 Å². The molecule has 0 unspecified atom stereocenters. The summed E-state index contributed by atoms with van der Waals surface area (Å²) in [6, 6.07) is 4.24. The first-order valence-electron chi connectivity index (χ1n) is 6.27. The van der Waals surface area contributed by atoms with Crippen molar-refractivity contribution in [2.75, 3.05) is 0 Å². The Bertz CT molecular complexity index is 746. The minimum Gasteiger partial charge on any atom is -0.306 e. The standard InChI is InChI=1S/C15H14ClN3/c1-3-11-7-12(8-18-14(11)16)13-6-10(2)15-17-4-5-19(15)9-13/h4-9H,3H2,1-2H3. The van der Waals surface area contributed by atoms with Crippen LogP contribution in [0.5, 0.6) is 0 Å². The van der Waals surface area contributed by atoms with E-state index in [-0.39, 0.29) is 0 Å². The highest BCUT2D eigenvalue weighted by atomic mass is 35.5. The van der Waals surface area contributed by atoms with E-state index in [4.69, 9.17) is 11.6 Å². The minimum atomic E-state index is 0.590. The maximum atomic E-state index is 6.07. The summed E-state index contributed by atoms with van der Waals surface area (Å²) in [5.41, 5.74) is 5.42. The van der Waals surface area contributed by atoms with Crippen LogP contribution in [0.2, 0.25) is 5.15 Å². The van der Waals surface area contributed by atoms with Gasteiger partial charge in [0.1, 0.15) is 10.8 Å². The first-order chi connectivity index (χ1) is 9.19. The first kappa shape index (κ1) is 12.2. The van der Waals surface area contributed by atoms with Gasteiger partial charge in [-0.1, -0.05) is 18.5 Å². The van der Waals surface area contributed by atoms with Gasteiger partial charge in [-0.05, 0) is 36.6 Å². The van der Waals surface area contributed by atoms with Crippen LogP contribution in [0.1, 0.15) is 18.1 Å². The molecule has 0 aliphatic carbocycles. The van der Waals surface area contributed by atoms with E-state index < -0.39 is 0 Å². The van der Waals surface area contributed by atoms with Crippen LogP contribution < -0.4 is 0 Å². The van der Waals surface area contributed by atoms with Crippen molar-refractivity contribution < 1.29 is 0 Å². The van der Waals surface area contributed by atoms with Crippen LogP contribution in [0.15, 0.2) is 36.9 Å².